The SMILES string of the molecule is CC(C)(C)[Si](C)(C)OCC(O)CNc1ccc2c(c1)NC(=O)CS2. The molecule has 0 saturated carbocycles. The highest BCUT2D eigenvalue weighted by molar-refractivity contribution is 8.00. The number of benzene rings is 1. The van der Waals surface area contributed by atoms with Gasteiger partial charge in [0.1, 0.15) is 0 Å². The van der Waals surface area contributed by atoms with E-state index in [9.17, 15) is 9.90 Å². The smallest absolute Gasteiger partial charge is 0.234 e. The highest BCUT2D eigenvalue weighted by Gasteiger charge is 2.37. The normalized spacial score (nSPS) is 16.3. The number of amides is 1. The molecule has 1 atom stereocenters. The van der Waals surface area contributed by atoms with E-state index in [0.717, 1.165) is 16.3 Å². The number of hydrogen-bond donors (Lipinski definition) is 3. The van der Waals surface area contributed by atoms with Crippen molar-refractivity contribution in [3.8, 4) is 0 Å². The maximum atomic E-state index is 11.5. The summed E-state index contributed by atoms with van der Waals surface area (Å²) in [6.45, 7) is 11.7. The zero-order chi connectivity index (χ0) is 18.0. The maximum absolute atomic E-state index is 11.5. The molecule has 1 heterocycles. The lowest BCUT2D eigenvalue weighted by molar-refractivity contribution is -0.113. The molecular formula is C17H28N2O3SSi. The van der Waals surface area contributed by atoms with Gasteiger partial charge in [0.25, 0.3) is 0 Å². The molecule has 5 nitrogen and oxygen atoms in total. The molecule has 1 amide bonds. The van der Waals surface area contributed by atoms with Crippen LogP contribution in [0.1, 0.15) is 20.8 Å². The van der Waals surface area contributed by atoms with Crippen molar-refractivity contribution in [2.75, 3.05) is 29.5 Å². The monoisotopic (exact) mass is 368 g/mol. The second-order valence-electron chi connectivity index (χ2n) is 7.65. The molecule has 1 aliphatic rings. The van der Waals surface area contributed by atoms with E-state index in [1.54, 1.807) is 0 Å². The van der Waals surface area contributed by atoms with Crippen molar-refractivity contribution in [3.63, 3.8) is 0 Å². The summed E-state index contributed by atoms with van der Waals surface area (Å²) in [5.74, 6) is 0.482. The number of hydrogen-bond acceptors (Lipinski definition) is 5. The van der Waals surface area contributed by atoms with E-state index in [2.05, 4.69) is 44.5 Å². The van der Waals surface area contributed by atoms with Gasteiger partial charge < -0.3 is 20.2 Å². The van der Waals surface area contributed by atoms with Crippen LogP contribution in [-0.4, -0.2) is 44.3 Å². The average Bonchev–Trinajstić information content (AvgIpc) is 2.49. The Kier molecular flexibility index (Phi) is 6.01. The largest absolute Gasteiger partial charge is 0.414 e. The number of anilines is 2. The van der Waals surface area contributed by atoms with Crippen molar-refractivity contribution in [2.24, 2.45) is 0 Å². The number of carbonyl (C=O) groups excluding carboxylic acids is 1. The molecule has 0 aliphatic carbocycles. The van der Waals surface area contributed by atoms with Crippen molar-refractivity contribution in [3.05, 3.63) is 18.2 Å². The van der Waals surface area contributed by atoms with Crippen molar-refractivity contribution in [1.82, 2.24) is 0 Å². The molecule has 0 saturated heterocycles. The molecule has 2 rings (SSSR count). The Hall–Kier alpha value is -1.02. The molecule has 0 spiro atoms. The van der Waals surface area contributed by atoms with Gasteiger partial charge in [0.2, 0.25) is 5.91 Å². The molecule has 0 radical (unpaired) electrons. The summed E-state index contributed by atoms with van der Waals surface area (Å²) in [4.78, 5) is 12.5. The zero-order valence-electron chi connectivity index (χ0n) is 15.1. The first kappa shape index (κ1) is 19.3. The minimum absolute atomic E-state index is 0.0208. The van der Waals surface area contributed by atoms with E-state index in [4.69, 9.17) is 4.43 Å². The summed E-state index contributed by atoms with van der Waals surface area (Å²) in [6.07, 6.45) is -0.570. The molecule has 1 aromatic carbocycles. The first-order valence-corrected chi connectivity index (χ1v) is 12.1. The number of rotatable bonds is 6. The Morgan fingerprint density at radius 1 is 1.42 bits per heavy atom. The predicted octanol–water partition coefficient (Wildman–Crippen LogP) is 3.53. The highest BCUT2D eigenvalue weighted by atomic mass is 32.2. The summed E-state index contributed by atoms with van der Waals surface area (Å²) in [5, 5.41) is 16.4. The summed E-state index contributed by atoms with van der Waals surface area (Å²) < 4.78 is 6.04. The zero-order valence-corrected chi connectivity index (χ0v) is 16.9. The van der Waals surface area contributed by atoms with Crippen LogP contribution in [0.2, 0.25) is 18.1 Å². The van der Waals surface area contributed by atoms with Gasteiger partial charge in [-0.15, -0.1) is 11.8 Å². The molecule has 24 heavy (non-hydrogen) atoms. The van der Waals surface area contributed by atoms with Gasteiger partial charge in [-0.3, -0.25) is 4.79 Å². The lowest BCUT2D eigenvalue weighted by Crippen LogP contribution is -2.43. The molecule has 0 bridgehead atoms. The molecule has 0 aromatic heterocycles. The van der Waals surface area contributed by atoms with Gasteiger partial charge in [-0.25, -0.2) is 0 Å². The number of thioether (sulfide) groups is 1. The Morgan fingerprint density at radius 3 is 2.79 bits per heavy atom. The predicted molar refractivity (Wildman–Crippen MR) is 103 cm³/mol. The van der Waals surface area contributed by atoms with Crippen LogP contribution >= 0.6 is 11.8 Å². The second kappa shape index (κ2) is 7.47. The fraction of sp³-hybridized carbons (Fsp3) is 0.588. The summed E-state index contributed by atoms with van der Waals surface area (Å²) >= 11 is 1.54. The molecule has 134 valence electrons. The fourth-order valence-corrected chi connectivity index (χ4v) is 3.84. The van der Waals surface area contributed by atoms with Gasteiger partial charge in [-0.1, -0.05) is 20.8 Å². The number of fused-ring (bicyclic) bond motifs is 1. The van der Waals surface area contributed by atoms with Crippen LogP contribution < -0.4 is 10.6 Å². The third-order valence-corrected chi connectivity index (χ3v) is 10.2. The van der Waals surface area contributed by atoms with Crippen LogP contribution in [0, 0.1) is 0 Å². The summed E-state index contributed by atoms with van der Waals surface area (Å²) in [6, 6.07) is 5.85. The quantitative estimate of drug-likeness (QED) is 0.670. The number of aliphatic hydroxyl groups excluding tert-OH is 1. The van der Waals surface area contributed by atoms with Crippen molar-refractivity contribution < 1.29 is 14.3 Å². The first-order valence-electron chi connectivity index (χ1n) is 8.21. The molecule has 1 aliphatic heterocycles. The van der Waals surface area contributed by atoms with Gasteiger partial charge in [-0.2, -0.15) is 0 Å². The molecule has 1 unspecified atom stereocenters. The second-order valence-corrected chi connectivity index (χ2v) is 13.5. The van der Waals surface area contributed by atoms with Crippen molar-refractivity contribution in [2.45, 2.75) is 49.9 Å². The van der Waals surface area contributed by atoms with Gasteiger partial charge in [0.05, 0.1) is 24.2 Å². The van der Waals surface area contributed by atoms with E-state index >= 15 is 0 Å². The van der Waals surface area contributed by atoms with E-state index < -0.39 is 14.4 Å². The van der Waals surface area contributed by atoms with E-state index in [1.165, 1.54) is 11.8 Å². The minimum atomic E-state index is -1.84. The molecule has 3 N–H and O–H groups in total. The van der Waals surface area contributed by atoms with E-state index in [1.807, 2.05) is 18.2 Å². The van der Waals surface area contributed by atoms with Gasteiger partial charge in [0.15, 0.2) is 8.32 Å². The molecule has 7 heteroatoms. The van der Waals surface area contributed by atoms with Crippen LogP contribution in [0.5, 0.6) is 0 Å². The third kappa shape index (κ3) is 4.99. The fourth-order valence-electron chi connectivity index (χ4n) is 2.01. The Bertz CT molecular complexity index is 602. The lowest BCUT2D eigenvalue weighted by atomic mass is 10.2. The molecular weight excluding hydrogens is 340 g/mol. The van der Waals surface area contributed by atoms with Crippen LogP contribution in [-0.2, 0) is 9.22 Å². The van der Waals surface area contributed by atoms with Crippen LogP contribution in [0.3, 0.4) is 0 Å². The Morgan fingerprint density at radius 2 is 2.12 bits per heavy atom. The van der Waals surface area contributed by atoms with Crippen LogP contribution in [0.15, 0.2) is 23.1 Å². The Labute approximate surface area is 149 Å². The van der Waals surface area contributed by atoms with Gasteiger partial charge in [0, 0.05) is 17.1 Å². The number of carbonyl (C=O) groups is 1. The Balaban J connectivity index is 1.85. The van der Waals surface area contributed by atoms with E-state index in [-0.39, 0.29) is 10.9 Å². The third-order valence-electron chi connectivity index (χ3n) is 4.60. The van der Waals surface area contributed by atoms with Gasteiger partial charge >= 0.3 is 0 Å². The van der Waals surface area contributed by atoms with Crippen LogP contribution in [0.4, 0.5) is 11.4 Å². The minimum Gasteiger partial charge on any atom is -0.414 e. The van der Waals surface area contributed by atoms with Crippen molar-refractivity contribution >= 4 is 37.4 Å². The topological polar surface area (TPSA) is 70.6 Å². The van der Waals surface area contributed by atoms with Crippen molar-refractivity contribution in [1.29, 1.82) is 0 Å². The van der Waals surface area contributed by atoms with E-state index in [0.29, 0.717) is 18.9 Å². The first-order chi connectivity index (χ1) is 11.1. The summed E-state index contributed by atoms with van der Waals surface area (Å²) in [7, 11) is -1.84. The average molecular weight is 369 g/mol. The van der Waals surface area contributed by atoms with Crippen LogP contribution in [0.25, 0.3) is 0 Å². The standard InChI is InChI=1S/C17H28N2O3SSi/c1-17(2,3)24(4,5)22-10-13(20)9-18-12-6-7-15-14(8-12)19-16(21)11-23-15/h6-8,13,18,20H,9-11H2,1-5H3,(H,19,21). The highest BCUT2D eigenvalue weighted by Crippen LogP contribution is 2.36. The molecule has 0 fully saturated rings. The summed E-state index contributed by atoms with van der Waals surface area (Å²) in [5.41, 5.74) is 1.70. The molecule has 1 aromatic rings. The number of nitrogens with one attached hydrogen (secondary N) is 2. The number of aliphatic hydroxyl groups is 1. The van der Waals surface area contributed by atoms with Gasteiger partial charge in [-0.05, 0) is 36.3 Å². The maximum Gasteiger partial charge on any atom is 0.234 e. The lowest BCUT2D eigenvalue weighted by Gasteiger charge is -2.36.